The van der Waals surface area contributed by atoms with Gasteiger partial charge in [-0.1, -0.05) is 41.9 Å². The van der Waals surface area contributed by atoms with E-state index in [4.69, 9.17) is 17.3 Å². The molecule has 0 aliphatic heterocycles. The van der Waals surface area contributed by atoms with Crippen molar-refractivity contribution in [3.05, 3.63) is 70.2 Å². The van der Waals surface area contributed by atoms with Crippen molar-refractivity contribution in [2.75, 3.05) is 6.54 Å². The lowest BCUT2D eigenvalue weighted by atomic mass is 10.1. The maximum atomic E-state index is 12.1. The Kier molecular flexibility index (Phi) is 4.77. The van der Waals surface area contributed by atoms with Crippen LogP contribution in [0.15, 0.2) is 48.5 Å². The third-order valence-corrected chi connectivity index (χ3v) is 3.23. The Labute approximate surface area is 123 Å². The molecular formula is C16H17ClN2O. The summed E-state index contributed by atoms with van der Waals surface area (Å²) >= 11 is 5.95. The smallest absolute Gasteiger partial charge is 0.251 e. The molecular weight excluding hydrogens is 272 g/mol. The number of rotatable bonds is 4. The molecule has 3 N–H and O–H groups in total. The topological polar surface area (TPSA) is 55.1 Å². The number of amides is 1. The second-order valence-corrected chi connectivity index (χ2v) is 5.18. The first kappa shape index (κ1) is 14.6. The van der Waals surface area contributed by atoms with Crippen LogP contribution in [0.5, 0.6) is 0 Å². The van der Waals surface area contributed by atoms with Crippen molar-refractivity contribution in [1.29, 1.82) is 0 Å². The van der Waals surface area contributed by atoms with E-state index in [0.29, 0.717) is 17.1 Å². The van der Waals surface area contributed by atoms with Gasteiger partial charge in [-0.3, -0.25) is 4.79 Å². The summed E-state index contributed by atoms with van der Waals surface area (Å²) in [5.41, 5.74) is 8.54. The Morgan fingerprint density at radius 1 is 1.25 bits per heavy atom. The predicted molar refractivity (Wildman–Crippen MR) is 81.9 cm³/mol. The first-order chi connectivity index (χ1) is 9.56. The van der Waals surface area contributed by atoms with Crippen molar-refractivity contribution in [3.63, 3.8) is 0 Å². The number of carbonyl (C=O) groups excluding carboxylic acids is 1. The van der Waals surface area contributed by atoms with Gasteiger partial charge in [0.2, 0.25) is 0 Å². The fourth-order valence-corrected chi connectivity index (χ4v) is 2.28. The summed E-state index contributed by atoms with van der Waals surface area (Å²) < 4.78 is 0. The summed E-state index contributed by atoms with van der Waals surface area (Å²) in [5, 5.41) is 3.39. The summed E-state index contributed by atoms with van der Waals surface area (Å²) in [6.45, 7) is 2.28. The molecule has 2 aromatic rings. The Hall–Kier alpha value is -1.84. The van der Waals surface area contributed by atoms with E-state index in [0.717, 1.165) is 11.1 Å². The number of hydrogen-bond acceptors (Lipinski definition) is 2. The molecule has 20 heavy (non-hydrogen) atoms. The van der Waals surface area contributed by atoms with E-state index < -0.39 is 0 Å². The summed E-state index contributed by atoms with van der Waals surface area (Å²) in [6, 6.07) is 14.7. The number of hydrogen-bond donors (Lipinski definition) is 2. The molecule has 0 saturated heterocycles. The van der Waals surface area contributed by atoms with Gasteiger partial charge in [0.15, 0.2) is 0 Å². The molecule has 0 spiro atoms. The number of nitrogens with two attached hydrogens (primary N) is 1. The van der Waals surface area contributed by atoms with E-state index >= 15 is 0 Å². The average molecular weight is 289 g/mol. The van der Waals surface area contributed by atoms with Gasteiger partial charge in [-0.15, -0.1) is 0 Å². The second kappa shape index (κ2) is 6.55. The highest BCUT2D eigenvalue weighted by molar-refractivity contribution is 6.31. The fourth-order valence-electron chi connectivity index (χ4n) is 1.99. The van der Waals surface area contributed by atoms with Crippen LogP contribution in [0.25, 0.3) is 0 Å². The number of halogens is 1. The zero-order valence-electron chi connectivity index (χ0n) is 11.3. The lowest BCUT2D eigenvalue weighted by molar-refractivity contribution is 0.0951. The van der Waals surface area contributed by atoms with Crippen LogP contribution in [0.3, 0.4) is 0 Å². The largest absolute Gasteiger partial charge is 0.350 e. The molecule has 1 unspecified atom stereocenters. The standard InChI is InChI=1S/C16H17ClN2O/c1-11-7-13(9-14(17)8-11)16(20)19-10-15(18)12-5-3-2-4-6-12/h2-9,15H,10,18H2,1H3,(H,19,20). The van der Waals surface area contributed by atoms with E-state index in [1.807, 2.05) is 43.3 Å². The van der Waals surface area contributed by atoms with Crippen molar-refractivity contribution < 1.29 is 4.79 Å². The summed E-state index contributed by atoms with van der Waals surface area (Å²) in [4.78, 5) is 12.1. The van der Waals surface area contributed by atoms with Gasteiger partial charge in [-0.05, 0) is 36.2 Å². The molecule has 4 heteroatoms. The molecule has 2 rings (SSSR count). The molecule has 0 saturated carbocycles. The molecule has 0 aliphatic rings. The molecule has 2 aromatic carbocycles. The van der Waals surface area contributed by atoms with Crippen LogP contribution in [0.2, 0.25) is 5.02 Å². The lowest BCUT2D eigenvalue weighted by Crippen LogP contribution is -2.31. The quantitative estimate of drug-likeness (QED) is 0.908. The van der Waals surface area contributed by atoms with Crippen LogP contribution in [0.1, 0.15) is 27.5 Å². The van der Waals surface area contributed by atoms with E-state index in [-0.39, 0.29) is 11.9 Å². The molecule has 0 bridgehead atoms. The van der Waals surface area contributed by atoms with Crippen LogP contribution in [-0.4, -0.2) is 12.5 Å². The molecule has 104 valence electrons. The Bertz CT molecular complexity index is 578. The molecule has 0 aliphatic carbocycles. The van der Waals surface area contributed by atoms with Gasteiger partial charge in [0, 0.05) is 23.2 Å². The highest BCUT2D eigenvalue weighted by atomic mass is 35.5. The van der Waals surface area contributed by atoms with Gasteiger partial charge in [0.1, 0.15) is 0 Å². The minimum Gasteiger partial charge on any atom is -0.350 e. The van der Waals surface area contributed by atoms with Gasteiger partial charge < -0.3 is 11.1 Å². The lowest BCUT2D eigenvalue weighted by Gasteiger charge is -2.13. The van der Waals surface area contributed by atoms with Gasteiger partial charge >= 0.3 is 0 Å². The number of nitrogens with one attached hydrogen (secondary N) is 1. The first-order valence-corrected chi connectivity index (χ1v) is 6.80. The van der Waals surface area contributed by atoms with E-state index in [9.17, 15) is 4.79 Å². The summed E-state index contributed by atoms with van der Waals surface area (Å²) in [6.07, 6.45) is 0. The normalized spacial score (nSPS) is 11.9. The van der Waals surface area contributed by atoms with Crippen molar-refractivity contribution in [2.45, 2.75) is 13.0 Å². The fraction of sp³-hybridized carbons (Fsp3) is 0.188. The maximum absolute atomic E-state index is 12.1. The van der Waals surface area contributed by atoms with Gasteiger partial charge in [-0.25, -0.2) is 0 Å². The SMILES string of the molecule is Cc1cc(Cl)cc(C(=O)NCC(N)c2ccccc2)c1. The van der Waals surface area contributed by atoms with Crippen LogP contribution in [-0.2, 0) is 0 Å². The zero-order chi connectivity index (χ0) is 14.5. The Morgan fingerprint density at radius 3 is 2.60 bits per heavy atom. The van der Waals surface area contributed by atoms with Crippen LogP contribution in [0.4, 0.5) is 0 Å². The van der Waals surface area contributed by atoms with Gasteiger partial charge in [-0.2, -0.15) is 0 Å². The van der Waals surface area contributed by atoms with Crippen molar-refractivity contribution >= 4 is 17.5 Å². The second-order valence-electron chi connectivity index (χ2n) is 4.74. The van der Waals surface area contributed by atoms with Crippen LogP contribution in [0, 0.1) is 6.92 Å². The number of aryl methyl sites for hydroxylation is 1. The molecule has 0 radical (unpaired) electrons. The minimum absolute atomic E-state index is 0.165. The first-order valence-electron chi connectivity index (χ1n) is 6.42. The highest BCUT2D eigenvalue weighted by Crippen LogP contribution is 2.15. The Morgan fingerprint density at radius 2 is 1.95 bits per heavy atom. The van der Waals surface area contributed by atoms with Gasteiger partial charge in [0.05, 0.1) is 0 Å². The highest BCUT2D eigenvalue weighted by Gasteiger charge is 2.10. The molecule has 1 amide bonds. The van der Waals surface area contributed by atoms with E-state index in [1.54, 1.807) is 12.1 Å². The monoisotopic (exact) mass is 288 g/mol. The van der Waals surface area contributed by atoms with Crippen molar-refractivity contribution in [3.8, 4) is 0 Å². The molecule has 0 aromatic heterocycles. The average Bonchev–Trinajstić information content (AvgIpc) is 2.44. The molecule has 0 fully saturated rings. The number of carbonyl (C=O) groups is 1. The Balaban J connectivity index is 1.98. The predicted octanol–water partition coefficient (Wildman–Crippen LogP) is 3.08. The number of benzene rings is 2. The maximum Gasteiger partial charge on any atom is 0.251 e. The molecule has 0 heterocycles. The van der Waals surface area contributed by atoms with Crippen LogP contribution < -0.4 is 11.1 Å². The molecule has 1 atom stereocenters. The van der Waals surface area contributed by atoms with Crippen LogP contribution >= 0.6 is 11.6 Å². The third kappa shape index (κ3) is 3.83. The van der Waals surface area contributed by atoms with E-state index in [2.05, 4.69) is 5.32 Å². The molecule has 3 nitrogen and oxygen atoms in total. The van der Waals surface area contributed by atoms with E-state index in [1.165, 1.54) is 0 Å². The van der Waals surface area contributed by atoms with Crippen molar-refractivity contribution in [1.82, 2.24) is 5.32 Å². The summed E-state index contributed by atoms with van der Waals surface area (Å²) in [7, 11) is 0. The minimum atomic E-state index is -0.222. The zero-order valence-corrected chi connectivity index (χ0v) is 12.0. The third-order valence-electron chi connectivity index (χ3n) is 3.01. The van der Waals surface area contributed by atoms with Crippen molar-refractivity contribution in [2.24, 2.45) is 5.73 Å². The van der Waals surface area contributed by atoms with Gasteiger partial charge in [0.25, 0.3) is 5.91 Å². The summed E-state index contributed by atoms with van der Waals surface area (Å²) in [5.74, 6) is -0.165.